The van der Waals surface area contributed by atoms with Crippen LogP contribution in [0.4, 0.5) is 0 Å². The van der Waals surface area contributed by atoms with Crippen LogP contribution in [0.2, 0.25) is 0 Å². The van der Waals surface area contributed by atoms with Crippen molar-refractivity contribution in [3.05, 3.63) is 35.9 Å². The van der Waals surface area contributed by atoms with E-state index in [1.54, 1.807) is 0 Å². The average molecular weight is 218 g/mol. The van der Waals surface area contributed by atoms with Gasteiger partial charge in [-0.25, -0.2) is 0 Å². The van der Waals surface area contributed by atoms with Crippen molar-refractivity contribution in [2.75, 3.05) is 0 Å². The lowest BCUT2D eigenvalue weighted by atomic mass is 9.91. The number of aliphatic hydroxyl groups is 1. The molecule has 1 N–H and O–H groups in total. The summed E-state index contributed by atoms with van der Waals surface area (Å²) < 4.78 is 0. The fourth-order valence-electron chi connectivity index (χ4n) is 2.70. The van der Waals surface area contributed by atoms with Gasteiger partial charge in [0.1, 0.15) is 0 Å². The van der Waals surface area contributed by atoms with Crippen molar-refractivity contribution in [2.45, 2.75) is 51.0 Å². The number of hydrogen-bond acceptors (Lipinski definition) is 1. The molecule has 0 radical (unpaired) electrons. The highest BCUT2D eigenvalue weighted by atomic mass is 16.3. The van der Waals surface area contributed by atoms with Gasteiger partial charge in [0.2, 0.25) is 0 Å². The molecule has 16 heavy (non-hydrogen) atoms. The number of hydrogen-bond donors (Lipinski definition) is 1. The molecule has 0 spiro atoms. The van der Waals surface area contributed by atoms with E-state index in [0.717, 1.165) is 19.3 Å². The summed E-state index contributed by atoms with van der Waals surface area (Å²) in [5, 5.41) is 10.0. The molecule has 88 valence electrons. The summed E-state index contributed by atoms with van der Waals surface area (Å²) >= 11 is 0. The Kier molecular flexibility index (Phi) is 4.41. The molecule has 1 aromatic rings. The van der Waals surface area contributed by atoms with E-state index in [4.69, 9.17) is 0 Å². The van der Waals surface area contributed by atoms with E-state index < -0.39 is 0 Å². The third-order valence-corrected chi connectivity index (χ3v) is 3.77. The molecule has 2 unspecified atom stereocenters. The van der Waals surface area contributed by atoms with Crippen molar-refractivity contribution in [1.29, 1.82) is 0 Å². The Balaban J connectivity index is 1.84. The van der Waals surface area contributed by atoms with Gasteiger partial charge in [-0.3, -0.25) is 0 Å². The van der Waals surface area contributed by atoms with Crippen molar-refractivity contribution >= 4 is 0 Å². The topological polar surface area (TPSA) is 20.2 Å². The van der Waals surface area contributed by atoms with Crippen LogP contribution in [0.1, 0.15) is 44.1 Å². The van der Waals surface area contributed by atoms with Crippen LogP contribution in [0.5, 0.6) is 0 Å². The van der Waals surface area contributed by atoms with E-state index in [1.807, 2.05) is 0 Å². The van der Waals surface area contributed by atoms with Crippen molar-refractivity contribution in [3.8, 4) is 0 Å². The van der Waals surface area contributed by atoms with Crippen molar-refractivity contribution in [3.63, 3.8) is 0 Å². The first-order valence-corrected chi connectivity index (χ1v) is 6.58. The van der Waals surface area contributed by atoms with Gasteiger partial charge >= 0.3 is 0 Å². The first kappa shape index (κ1) is 11.7. The molecule has 1 fully saturated rings. The van der Waals surface area contributed by atoms with Gasteiger partial charge in [0, 0.05) is 0 Å². The second-order valence-corrected chi connectivity index (χ2v) is 4.99. The standard InChI is InChI=1S/C15H22O/c16-15-10-6-2-5-9-14(15)12-11-13-7-3-1-4-8-13/h1,3-4,7-8,14-16H,2,5-6,9-12H2. The van der Waals surface area contributed by atoms with E-state index in [-0.39, 0.29) is 6.10 Å². The zero-order valence-electron chi connectivity index (χ0n) is 9.94. The molecule has 0 aromatic heterocycles. The predicted molar refractivity (Wildman–Crippen MR) is 67.3 cm³/mol. The summed E-state index contributed by atoms with van der Waals surface area (Å²) in [7, 11) is 0. The summed E-state index contributed by atoms with van der Waals surface area (Å²) in [6, 6.07) is 10.6. The Bertz CT molecular complexity index is 294. The van der Waals surface area contributed by atoms with Gasteiger partial charge in [-0.2, -0.15) is 0 Å². The van der Waals surface area contributed by atoms with Gasteiger partial charge in [-0.15, -0.1) is 0 Å². The molecule has 0 amide bonds. The molecule has 1 nitrogen and oxygen atoms in total. The molecule has 2 atom stereocenters. The number of rotatable bonds is 3. The van der Waals surface area contributed by atoms with E-state index in [1.165, 1.54) is 31.2 Å². The number of aryl methyl sites for hydroxylation is 1. The monoisotopic (exact) mass is 218 g/mol. The van der Waals surface area contributed by atoms with E-state index in [9.17, 15) is 5.11 Å². The maximum absolute atomic E-state index is 10.0. The molecular weight excluding hydrogens is 196 g/mol. The largest absolute Gasteiger partial charge is 0.393 e. The fourth-order valence-corrected chi connectivity index (χ4v) is 2.70. The molecule has 2 rings (SSSR count). The van der Waals surface area contributed by atoms with Crippen LogP contribution in [0.25, 0.3) is 0 Å². The quantitative estimate of drug-likeness (QED) is 0.769. The van der Waals surface area contributed by atoms with Gasteiger partial charge in [0.25, 0.3) is 0 Å². The Hall–Kier alpha value is -0.820. The maximum atomic E-state index is 10.0. The lowest BCUT2D eigenvalue weighted by molar-refractivity contribution is 0.0960. The van der Waals surface area contributed by atoms with Crippen molar-refractivity contribution in [1.82, 2.24) is 0 Å². The van der Waals surface area contributed by atoms with Crippen LogP contribution in [0, 0.1) is 5.92 Å². The molecular formula is C15H22O. The predicted octanol–water partition coefficient (Wildman–Crippen LogP) is 3.56. The van der Waals surface area contributed by atoms with Crippen LogP contribution in [0.15, 0.2) is 30.3 Å². The first-order chi connectivity index (χ1) is 7.86. The second-order valence-electron chi connectivity index (χ2n) is 4.99. The number of aliphatic hydroxyl groups excluding tert-OH is 1. The van der Waals surface area contributed by atoms with Crippen LogP contribution >= 0.6 is 0 Å². The van der Waals surface area contributed by atoms with Gasteiger partial charge in [0.15, 0.2) is 0 Å². The van der Waals surface area contributed by atoms with Crippen molar-refractivity contribution in [2.24, 2.45) is 5.92 Å². The van der Waals surface area contributed by atoms with Gasteiger partial charge in [-0.1, -0.05) is 49.6 Å². The zero-order chi connectivity index (χ0) is 11.2. The number of benzene rings is 1. The minimum Gasteiger partial charge on any atom is -0.393 e. The van der Waals surface area contributed by atoms with E-state index >= 15 is 0 Å². The lowest BCUT2D eigenvalue weighted by Crippen LogP contribution is -2.19. The summed E-state index contributed by atoms with van der Waals surface area (Å²) in [5.41, 5.74) is 1.40. The highest BCUT2D eigenvalue weighted by molar-refractivity contribution is 5.14. The Morgan fingerprint density at radius 1 is 1.00 bits per heavy atom. The molecule has 1 aliphatic rings. The smallest absolute Gasteiger partial charge is 0.0568 e. The molecule has 0 saturated heterocycles. The summed E-state index contributed by atoms with van der Waals surface area (Å²) in [6.07, 6.45) is 8.26. The van der Waals surface area contributed by atoms with Crippen LogP contribution in [-0.4, -0.2) is 11.2 Å². The molecule has 1 saturated carbocycles. The third-order valence-electron chi connectivity index (χ3n) is 3.77. The fraction of sp³-hybridized carbons (Fsp3) is 0.600. The van der Waals surface area contributed by atoms with Gasteiger partial charge < -0.3 is 5.11 Å². The minimum absolute atomic E-state index is 0.0498. The van der Waals surface area contributed by atoms with E-state index in [0.29, 0.717) is 5.92 Å². The summed E-state index contributed by atoms with van der Waals surface area (Å²) in [5.74, 6) is 0.530. The summed E-state index contributed by atoms with van der Waals surface area (Å²) in [6.45, 7) is 0. The van der Waals surface area contributed by atoms with Gasteiger partial charge in [0.05, 0.1) is 6.10 Å². The lowest BCUT2D eigenvalue weighted by Gasteiger charge is -2.20. The molecule has 0 aliphatic heterocycles. The molecule has 1 aromatic carbocycles. The minimum atomic E-state index is -0.0498. The van der Waals surface area contributed by atoms with E-state index in [2.05, 4.69) is 30.3 Å². The molecule has 1 aliphatic carbocycles. The Morgan fingerprint density at radius 2 is 1.75 bits per heavy atom. The zero-order valence-corrected chi connectivity index (χ0v) is 9.94. The second kappa shape index (κ2) is 6.05. The van der Waals surface area contributed by atoms with Crippen LogP contribution in [0.3, 0.4) is 0 Å². The molecule has 1 heteroatoms. The SMILES string of the molecule is OC1CCCCCC1CCc1ccccc1. The Labute approximate surface area is 98.5 Å². The highest BCUT2D eigenvalue weighted by Crippen LogP contribution is 2.27. The van der Waals surface area contributed by atoms with Crippen molar-refractivity contribution < 1.29 is 5.11 Å². The molecule has 0 heterocycles. The van der Waals surface area contributed by atoms with Crippen LogP contribution < -0.4 is 0 Å². The summed E-state index contributed by atoms with van der Waals surface area (Å²) in [4.78, 5) is 0. The molecule has 0 bridgehead atoms. The first-order valence-electron chi connectivity index (χ1n) is 6.58. The average Bonchev–Trinajstić information content (AvgIpc) is 2.53. The third kappa shape index (κ3) is 3.34. The Morgan fingerprint density at radius 3 is 2.56 bits per heavy atom. The van der Waals surface area contributed by atoms with Gasteiger partial charge in [-0.05, 0) is 37.2 Å². The normalized spacial score (nSPS) is 26.3. The van der Waals surface area contributed by atoms with Crippen LogP contribution in [-0.2, 0) is 6.42 Å². The maximum Gasteiger partial charge on any atom is 0.0568 e. The highest BCUT2D eigenvalue weighted by Gasteiger charge is 2.20.